The standard InChI is InChI=1S/C41H34F2N7O4Si/c42-30-16-24(20-44)4-5-27(30)22-53-36-3-1-2-32(47-36)25-8-13-49(14-9-25)21-35-46-33-17-26(6-7-34(33)50(35)23-41(55)12-15-54-41)38(51)45-28-18-29-37(31(43)19-28)48-39(52)40(29)10-11-40/h1-8,16-19H,9-15,21-23H2,(H,45,51)(H,48,52)/t41-/m1/s1. The number of halogens is 2. The highest BCUT2D eigenvalue weighted by molar-refractivity contribution is 6.15. The van der Waals surface area contributed by atoms with Gasteiger partial charge in [0.25, 0.3) is 5.91 Å². The van der Waals surface area contributed by atoms with Crippen molar-refractivity contribution in [3.63, 3.8) is 0 Å². The quantitative estimate of drug-likeness (QED) is 0.167. The van der Waals surface area contributed by atoms with Crippen molar-refractivity contribution in [3.8, 4) is 11.9 Å². The van der Waals surface area contributed by atoms with E-state index in [2.05, 4.69) is 41.4 Å². The molecule has 2 fully saturated rings. The number of anilines is 2. The average molecular weight is 755 g/mol. The van der Waals surface area contributed by atoms with Crippen LogP contribution in [0.25, 0.3) is 16.6 Å². The van der Waals surface area contributed by atoms with E-state index < -0.39 is 28.2 Å². The predicted octanol–water partition coefficient (Wildman–Crippen LogP) is 5.97. The maximum atomic E-state index is 15.0. The zero-order valence-electron chi connectivity index (χ0n) is 29.6. The van der Waals surface area contributed by atoms with E-state index in [4.69, 9.17) is 19.7 Å². The van der Waals surface area contributed by atoms with Crippen molar-refractivity contribution in [2.24, 2.45) is 0 Å². The Hall–Kier alpha value is -5.75. The van der Waals surface area contributed by atoms with Crippen LogP contribution in [-0.4, -0.2) is 66.4 Å². The van der Waals surface area contributed by atoms with Crippen LogP contribution in [0.2, 0.25) is 0 Å². The van der Waals surface area contributed by atoms with Crippen LogP contribution in [0, 0.1) is 23.0 Å². The van der Waals surface area contributed by atoms with E-state index in [0.717, 1.165) is 42.0 Å². The molecule has 3 aliphatic heterocycles. The molecule has 55 heavy (non-hydrogen) atoms. The molecule has 5 heterocycles. The molecule has 2 N–H and O–H groups in total. The van der Waals surface area contributed by atoms with E-state index in [-0.39, 0.29) is 23.8 Å². The molecule has 4 aliphatic rings. The van der Waals surface area contributed by atoms with Gasteiger partial charge in [-0.2, -0.15) is 5.26 Å². The Labute approximate surface area is 318 Å². The first-order chi connectivity index (χ1) is 26.6. The van der Waals surface area contributed by atoms with Crippen LogP contribution in [0.3, 0.4) is 0 Å². The number of nitriles is 1. The van der Waals surface area contributed by atoms with E-state index >= 15 is 0 Å². The minimum Gasteiger partial charge on any atom is -0.473 e. The lowest BCUT2D eigenvalue weighted by Gasteiger charge is -2.39. The number of benzene rings is 3. The van der Waals surface area contributed by atoms with Crippen molar-refractivity contribution < 1.29 is 27.8 Å². The van der Waals surface area contributed by atoms with E-state index in [9.17, 15) is 18.4 Å². The first kappa shape index (κ1) is 35.0. The number of ether oxygens (including phenoxy) is 2. The molecule has 3 aromatic carbocycles. The van der Waals surface area contributed by atoms with Crippen LogP contribution in [0.15, 0.2) is 72.8 Å². The molecular formula is C41H34F2N7O4Si. The lowest BCUT2D eigenvalue weighted by Crippen LogP contribution is -2.48. The van der Waals surface area contributed by atoms with Crippen molar-refractivity contribution in [3.05, 3.63) is 118 Å². The molecular weight excluding hydrogens is 721 g/mol. The van der Waals surface area contributed by atoms with Crippen molar-refractivity contribution in [1.29, 1.82) is 5.26 Å². The van der Waals surface area contributed by atoms with E-state index in [1.54, 1.807) is 36.4 Å². The Morgan fingerprint density at radius 2 is 1.93 bits per heavy atom. The number of rotatable bonds is 10. The predicted molar refractivity (Wildman–Crippen MR) is 200 cm³/mol. The normalized spacial score (nSPS) is 19.7. The highest BCUT2D eigenvalue weighted by Crippen LogP contribution is 2.56. The van der Waals surface area contributed by atoms with Gasteiger partial charge < -0.3 is 24.7 Å². The maximum Gasteiger partial charge on any atom is 0.255 e. The van der Waals surface area contributed by atoms with E-state index in [1.165, 1.54) is 12.1 Å². The number of nitrogens with zero attached hydrogens (tertiary/aromatic N) is 5. The first-order valence-corrected chi connectivity index (χ1v) is 18.6. The lowest BCUT2D eigenvalue weighted by atomic mass is 9.97. The Balaban J connectivity index is 0.906. The van der Waals surface area contributed by atoms with Gasteiger partial charge in [-0.05, 0) is 85.4 Å². The Bertz CT molecular complexity index is 2490. The summed E-state index contributed by atoms with van der Waals surface area (Å²) in [7, 11) is 3.83. The SMILES string of the molecule is N#Cc1ccc(COc2cccc(C3=CCN(Cc4nc5cc(C(=O)Nc6cc(F)c7c(c6)C6(CC6)C(=O)N7)ccc5n4C[C@]4([Si])CCO4)CC3)n2)c(F)c1. The number of hydrogen-bond donors (Lipinski definition) is 2. The summed E-state index contributed by atoms with van der Waals surface area (Å²) in [6, 6.07) is 20.0. The summed E-state index contributed by atoms with van der Waals surface area (Å²) >= 11 is 0. The molecule has 275 valence electrons. The fourth-order valence-corrected chi connectivity index (χ4v) is 7.92. The lowest BCUT2D eigenvalue weighted by molar-refractivity contribution is -0.117. The van der Waals surface area contributed by atoms with Crippen LogP contribution < -0.4 is 15.4 Å². The number of hydrogen-bond acceptors (Lipinski definition) is 8. The molecule has 9 rings (SSSR count). The molecule has 1 atom stereocenters. The van der Waals surface area contributed by atoms with Crippen LogP contribution in [0.4, 0.5) is 20.2 Å². The van der Waals surface area contributed by atoms with Gasteiger partial charge >= 0.3 is 0 Å². The number of nitrogens with one attached hydrogen (secondary N) is 2. The minimum atomic E-state index is -0.684. The van der Waals surface area contributed by atoms with Crippen LogP contribution in [-0.2, 0) is 34.6 Å². The van der Waals surface area contributed by atoms with Crippen LogP contribution >= 0.6 is 0 Å². The highest BCUT2D eigenvalue weighted by Gasteiger charge is 2.57. The summed E-state index contributed by atoms with van der Waals surface area (Å²) < 4.78 is 43.2. The number of carbonyl (C=O) groups is 2. The first-order valence-electron chi connectivity index (χ1n) is 18.1. The second-order valence-corrected chi connectivity index (χ2v) is 15.5. The van der Waals surface area contributed by atoms with Crippen molar-refractivity contribution in [2.45, 2.75) is 56.0 Å². The number of amides is 2. The van der Waals surface area contributed by atoms with E-state index in [1.807, 2.05) is 24.3 Å². The molecule has 1 saturated carbocycles. The minimum absolute atomic E-state index is 0.00907. The maximum absolute atomic E-state index is 15.0. The van der Waals surface area contributed by atoms with Gasteiger partial charge in [-0.25, -0.2) is 18.7 Å². The number of pyridine rings is 1. The van der Waals surface area contributed by atoms with Gasteiger partial charge in [-0.1, -0.05) is 18.2 Å². The largest absolute Gasteiger partial charge is 0.473 e. The van der Waals surface area contributed by atoms with Gasteiger partial charge in [0, 0.05) is 49.1 Å². The summed E-state index contributed by atoms with van der Waals surface area (Å²) in [4.78, 5) is 37.9. The van der Waals surface area contributed by atoms with Crippen molar-refractivity contribution >= 4 is 50.0 Å². The van der Waals surface area contributed by atoms with Crippen molar-refractivity contribution in [2.75, 3.05) is 30.3 Å². The summed E-state index contributed by atoms with van der Waals surface area (Å²) in [5, 5.41) is 14.0. The third-order valence-electron chi connectivity index (χ3n) is 10.9. The molecule has 1 aliphatic carbocycles. The summed E-state index contributed by atoms with van der Waals surface area (Å²) in [5.41, 5.74) is 4.76. The Morgan fingerprint density at radius 1 is 1.07 bits per heavy atom. The van der Waals surface area contributed by atoms with Gasteiger partial charge in [0.1, 0.15) is 24.1 Å². The second-order valence-electron chi connectivity index (χ2n) is 14.6. The summed E-state index contributed by atoms with van der Waals surface area (Å²) in [5.74, 6) is -0.453. The van der Waals surface area contributed by atoms with Gasteiger partial charge in [-0.3, -0.25) is 14.5 Å². The molecule has 0 bridgehead atoms. The third-order valence-corrected chi connectivity index (χ3v) is 11.5. The van der Waals surface area contributed by atoms with Crippen LogP contribution in [0.5, 0.6) is 5.88 Å². The van der Waals surface area contributed by atoms with Gasteiger partial charge in [0.15, 0.2) is 0 Å². The number of fused-ring (bicyclic) bond motifs is 3. The number of aromatic nitrogens is 3. The third kappa shape index (κ3) is 6.58. The highest BCUT2D eigenvalue weighted by atomic mass is 28.1. The van der Waals surface area contributed by atoms with Gasteiger partial charge in [0.05, 0.1) is 61.5 Å². The van der Waals surface area contributed by atoms with Gasteiger partial charge in [-0.15, -0.1) is 0 Å². The monoisotopic (exact) mass is 754 g/mol. The topological polar surface area (TPSA) is 134 Å². The number of carbonyl (C=O) groups excluding carboxylic acids is 2. The average Bonchev–Trinajstić information content (AvgIpc) is 3.86. The Kier molecular flexibility index (Phi) is 8.60. The molecule has 14 heteroatoms. The van der Waals surface area contributed by atoms with E-state index in [0.29, 0.717) is 72.9 Å². The summed E-state index contributed by atoms with van der Waals surface area (Å²) in [6.45, 7) is 3.15. The second kappa shape index (κ2) is 13.5. The molecule has 0 unspecified atom stereocenters. The zero-order chi connectivity index (χ0) is 37.9. The molecule has 2 amide bonds. The number of imidazole rings is 1. The fraction of sp³-hybridized carbons (Fsp3) is 0.293. The Morgan fingerprint density at radius 3 is 2.65 bits per heavy atom. The zero-order valence-corrected chi connectivity index (χ0v) is 30.6. The molecule has 1 saturated heterocycles. The van der Waals surface area contributed by atoms with Crippen molar-refractivity contribution in [1.82, 2.24) is 19.4 Å². The smallest absolute Gasteiger partial charge is 0.255 e. The molecule has 3 radical (unpaired) electrons. The summed E-state index contributed by atoms with van der Waals surface area (Å²) in [6.07, 6.45) is 5.05. The fourth-order valence-electron chi connectivity index (χ4n) is 7.56. The molecule has 5 aromatic rings. The van der Waals surface area contributed by atoms with Crippen LogP contribution in [0.1, 0.15) is 64.2 Å². The van der Waals surface area contributed by atoms with Gasteiger partial charge in [0.2, 0.25) is 11.8 Å². The molecule has 2 aromatic heterocycles. The molecule has 1 spiro atoms. The molecule has 11 nitrogen and oxygen atoms in total.